The van der Waals surface area contributed by atoms with Gasteiger partial charge in [0.05, 0.1) is 10.9 Å². The third-order valence-corrected chi connectivity index (χ3v) is 6.16. The second-order valence-electron chi connectivity index (χ2n) is 9.34. The van der Waals surface area contributed by atoms with Gasteiger partial charge in [0.25, 0.3) is 11.5 Å². The Kier molecular flexibility index (Phi) is 5.53. The highest BCUT2D eigenvalue weighted by Crippen LogP contribution is 2.40. The molecule has 8 heteroatoms. The van der Waals surface area contributed by atoms with Crippen LogP contribution in [0.5, 0.6) is 0 Å². The number of rotatable bonds is 5. The predicted molar refractivity (Wildman–Crippen MR) is 116 cm³/mol. The molecule has 1 aliphatic heterocycles. The first-order valence-electron chi connectivity index (χ1n) is 10.9. The van der Waals surface area contributed by atoms with E-state index in [1.165, 1.54) is 4.57 Å². The molecule has 0 aromatic carbocycles. The summed E-state index contributed by atoms with van der Waals surface area (Å²) in [7, 11) is 4.06. The number of aromatic nitrogens is 3. The van der Waals surface area contributed by atoms with Gasteiger partial charge in [0.2, 0.25) is 0 Å². The minimum atomic E-state index is -0.533. The molecule has 1 amide bonds. The molecule has 8 nitrogen and oxygen atoms in total. The van der Waals surface area contributed by atoms with Gasteiger partial charge in [0.15, 0.2) is 5.65 Å². The number of likely N-dealkylation sites (tertiary alicyclic amines) is 1. The maximum absolute atomic E-state index is 13.6. The largest absolute Gasteiger partial charge is 0.337 e. The SMILES string of the molecule is CC(C)Cn1c(=O)[nH]c(=O)c2c(C(=O)N3CCCC(N(C)C)C3)cc(C3CC3)nc21. The molecule has 2 fully saturated rings. The fourth-order valence-corrected chi connectivity index (χ4v) is 4.32. The number of pyridine rings is 1. The zero-order valence-corrected chi connectivity index (χ0v) is 18.3. The van der Waals surface area contributed by atoms with Crippen molar-refractivity contribution in [3.8, 4) is 0 Å². The first kappa shape index (κ1) is 20.8. The highest BCUT2D eigenvalue weighted by atomic mass is 16.2. The lowest BCUT2D eigenvalue weighted by molar-refractivity contribution is 0.0636. The molecule has 1 N–H and O–H groups in total. The summed E-state index contributed by atoms with van der Waals surface area (Å²) in [5, 5.41) is 0.233. The lowest BCUT2D eigenvalue weighted by Crippen LogP contribution is -2.47. The monoisotopic (exact) mass is 413 g/mol. The van der Waals surface area contributed by atoms with Crippen LogP contribution < -0.4 is 11.2 Å². The first-order chi connectivity index (χ1) is 14.3. The Bertz CT molecular complexity index is 1080. The molecular formula is C22H31N5O3. The van der Waals surface area contributed by atoms with Crippen molar-refractivity contribution in [2.24, 2.45) is 5.92 Å². The van der Waals surface area contributed by atoms with E-state index in [1.54, 1.807) is 6.07 Å². The van der Waals surface area contributed by atoms with Gasteiger partial charge in [0.1, 0.15) is 0 Å². The van der Waals surface area contributed by atoms with E-state index >= 15 is 0 Å². The van der Waals surface area contributed by atoms with Crippen molar-refractivity contribution < 1.29 is 4.79 Å². The molecule has 0 bridgehead atoms. The number of carbonyl (C=O) groups excluding carboxylic acids is 1. The second kappa shape index (κ2) is 7.98. The van der Waals surface area contributed by atoms with E-state index in [2.05, 4.69) is 9.88 Å². The Balaban J connectivity index is 1.87. The van der Waals surface area contributed by atoms with Crippen LogP contribution in [0.25, 0.3) is 11.0 Å². The van der Waals surface area contributed by atoms with Gasteiger partial charge in [-0.15, -0.1) is 0 Å². The summed E-state index contributed by atoms with van der Waals surface area (Å²) in [4.78, 5) is 50.1. The minimum Gasteiger partial charge on any atom is -0.337 e. The number of nitrogens with zero attached hydrogens (tertiary/aromatic N) is 4. The summed E-state index contributed by atoms with van der Waals surface area (Å²) >= 11 is 0. The number of piperidine rings is 1. The molecule has 0 radical (unpaired) electrons. The van der Waals surface area contributed by atoms with Crippen LogP contribution in [0.3, 0.4) is 0 Å². The molecule has 1 aliphatic carbocycles. The van der Waals surface area contributed by atoms with Crippen molar-refractivity contribution in [3.05, 3.63) is 38.2 Å². The van der Waals surface area contributed by atoms with E-state index in [1.807, 2.05) is 32.8 Å². The fraction of sp³-hybridized carbons (Fsp3) is 0.636. The molecule has 162 valence electrons. The molecule has 1 atom stereocenters. The molecule has 2 aromatic heterocycles. The Morgan fingerprint density at radius 1 is 1.27 bits per heavy atom. The Morgan fingerprint density at radius 3 is 2.63 bits per heavy atom. The molecule has 1 saturated carbocycles. The molecule has 2 aliphatic rings. The Hall–Kier alpha value is -2.48. The second-order valence-corrected chi connectivity index (χ2v) is 9.34. The van der Waals surface area contributed by atoms with E-state index in [0.717, 1.165) is 31.4 Å². The van der Waals surface area contributed by atoms with Crippen molar-refractivity contribution in [1.29, 1.82) is 0 Å². The zero-order chi connectivity index (χ0) is 21.6. The highest BCUT2D eigenvalue weighted by Gasteiger charge is 2.31. The third-order valence-electron chi connectivity index (χ3n) is 6.16. The van der Waals surface area contributed by atoms with Crippen LogP contribution >= 0.6 is 0 Å². The van der Waals surface area contributed by atoms with Crippen LogP contribution in [0.2, 0.25) is 0 Å². The average Bonchev–Trinajstić information content (AvgIpc) is 3.55. The standard InChI is InChI=1S/C22H31N5O3/c1-13(2)11-27-19-18(20(28)24-22(27)30)16(10-17(23-19)14-7-8-14)21(29)26-9-5-6-15(12-26)25(3)4/h10,13-15H,5-9,11-12H2,1-4H3,(H,24,28,30). The molecule has 4 rings (SSSR count). The number of likely N-dealkylation sites (N-methyl/N-ethyl adjacent to an activating group) is 1. The molecule has 1 unspecified atom stereocenters. The zero-order valence-electron chi connectivity index (χ0n) is 18.3. The highest BCUT2D eigenvalue weighted by molar-refractivity contribution is 6.05. The average molecular weight is 414 g/mol. The van der Waals surface area contributed by atoms with Crippen molar-refractivity contribution in [3.63, 3.8) is 0 Å². The van der Waals surface area contributed by atoms with Crippen LogP contribution in [0, 0.1) is 5.92 Å². The Labute approximate surface area is 175 Å². The summed E-state index contributed by atoms with van der Waals surface area (Å²) in [6.07, 6.45) is 4.03. The molecule has 0 spiro atoms. The molecule has 1 saturated heterocycles. The van der Waals surface area contributed by atoms with Gasteiger partial charge in [-0.3, -0.25) is 19.1 Å². The smallest absolute Gasteiger partial charge is 0.330 e. The van der Waals surface area contributed by atoms with Crippen LogP contribution in [-0.2, 0) is 6.54 Å². The summed E-state index contributed by atoms with van der Waals surface area (Å²) in [6.45, 7) is 5.77. The van der Waals surface area contributed by atoms with Crippen LogP contribution in [0.1, 0.15) is 61.5 Å². The van der Waals surface area contributed by atoms with Gasteiger partial charge in [-0.25, -0.2) is 9.78 Å². The summed E-state index contributed by atoms with van der Waals surface area (Å²) in [6, 6.07) is 2.09. The van der Waals surface area contributed by atoms with Crippen molar-refractivity contribution in [1.82, 2.24) is 24.3 Å². The predicted octanol–water partition coefficient (Wildman–Crippen LogP) is 1.78. The maximum Gasteiger partial charge on any atom is 0.330 e. The number of H-pyrrole nitrogens is 1. The van der Waals surface area contributed by atoms with E-state index in [0.29, 0.717) is 42.8 Å². The van der Waals surface area contributed by atoms with E-state index < -0.39 is 11.2 Å². The lowest BCUT2D eigenvalue weighted by atomic mass is 10.0. The molecular weight excluding hydrogens is 382 g/mol. The first-order valence-corrected chi connectivity index (χ1v) is 10.9. The number of carbonyl (C=O) groups is 1. The van der Waals surface area contributed by atoms with E-state index in [9.17, 15) is 14.4 Å². The van der Waals surface area contributed by atoms with Crippen molar-refractivity contribution in [2.75, 3.05) is 27.2 Å². The van der Waals surface area contributed by atoms with Gasteiger partial charge in [0, 0.05) is 37.3 Å². The van der Waals surface area contributed by atoms with Gasteiger partial charge >= 0.3 is 5.69 Å². The number of fused-ring (bicyclic) bond motifs is 1. The number of nitrogens with one attached hydrogen (secondary N) is 1. The van der Waals surface area contributed by atoms with Crippen LogP contribution in [0.4, 0.5) is 0 Å². The number of hydrogen-bond acceptors (Lipinski definition) is 5. The van der Waals surface area contributed by atoms with Crippen LogP contribution in [0.15, 0.2) is 15.7 Å². The van der Waals surface area contributed by atoms with E-state index in [-0.39, 0.29) is 17.2 Å². The lowest BCUT2D eigenvalue weighted by Gasteiger charge is -2.36. The van der Waals surface area contributed by atoms with Gasteiger partial charge in [-0.05, 0) is 51.8 Å². The maximum atomic E-state index is 13.6. The van der Waals surface area contributed by atoms with Gasteiger partial charge in [-0.2, -0.15) is 0 Å². The summed E-state index contributed by atoms with van der Waals surface area (Å²) in [5.41, 5.74) is 0.529. The normalized spacial score (nSPS) is 19.8. The summed E-state index contributed by atoms with van der Waals surface area (Å²) in [5.74, 6) is 0.361. The van der Waals surface area contributed by atoms with Crippen LogP contribution in [-0.4, -0.2) is 63.5 Å². The topological polar surface area (TPSA) is 91.3 Å². The van der Waals surface area contributed by atoms with Gasteiger partial charge < -0.3 is 9.80 Å². The number of aromatic amines is 1. The molecule has 3 heterocycles. The van der Waals surface area contributed by atoms with Crippen molar-refractivity contribution >= 4 is 16.9 Å². The molecule has 30 heavy (non-hydrogen) atoms. The summed E-state index contributed by atoms with van der Waals surface area (Å²) < 4.78 is 1.52. The van der Waals surface area contributed by atoms with Crippen molar-refractivity contribution in [2.45, 2.75) is 58.0 Å². The third kappa shape index (κ3) is 3.93. The number of amides is 1. The fourth-order valence-electron chi connectivity index (χ4n) is 4.32. The Morgan fingerprint density at radius 2 is 2.00 bits per heavy atom. The quantitative estimate of drug-likeness (QED) is 0.807. The van der Waals surface area contributed by atoms with Gasteiger partial charge in [-0.1, -0.05) is 13.8 Å². The number of hydrogen-bond donors (Lipinski definition) is 1. The van der Waals surface area contributed by atoms with E-state index in [4.69, 9.17) is 4.98 Å². The minimum absolute atomic E-state index is 0.143. The molecule has 2 aromatic rings.